The van der Waals surface area contributed by atoms with Gasteiger partial charge >= 0.3 is 0 Å². The van der Waals surface area contributed by atoms with Gasteiger partial charge in [0, 0.05) is 18.2 Å². The summed E-state index contributed by atoms with van der Waals surface area (Å²) in [6.45, 7) is 3.32. The lowest BCUT2D eigenvalue weighted by molar-refractivity contribution is 0.0946. The van der Waals surface area contributed by atoms with Crippen molar-refractivity contribution in [1.82, 2.24) is 29.7 Å². The molecule has 2 atom stereocenters. The molecular formula is C23H25FN6O5S2. The van der Waals surface area contributed by atoms with E-state index in [0.717, 1.165) is 18.1 Å². The monoisotopic (exact) mass is 548 g/mol. The molecule has 3 aromatic heterocycles. The van der Waals surface area contributed by atoms with Gasteiger partial charge in [0.2, 0.25) is 0 Å². The number of thiazole rings is 1. The van der Waals surface area contributed by atoms with Crippen molar-refractivity contribution in [3.63, 3.8) is 0 Å². The van der Waals surface area contributed by atoms with Crippen molar-refractivity contribution in [1.29, 1.82) is 0 Å². The van der Waals surface area contributed by atoms with E-state index in [-0.39, 0.29) is 11.6 Å². The molecule has 0 aliphatic carbocycles. The topological polar surface area (TPSA) is 131 Å². The molecule has 4 aromatic rings. The third-order valence-electron chi connectivity index (χ3n) is 5.64. The minimum Gasteiger partial charge on any atom is -0.494 e. The molecule has 0 unspecified atom stereocenters. The first-order valence-electron chi connectivity index (χ1n) is 11.0. The van der Waals surface area contributed by atoms with Gasteiger partial charge in [0.1, 0.15) is 29.0 Å². The van der Waals surface area contributed by atoms with E-state index in [1.165, 1.54) is 39.6 Å². The van der Waals surface area contributed by atoms with Crippen molar-refractivity contribution < 1.29 is 27.0 Å². The Morgan fingerprint density at radius 3 is 2.27 bits per heavy atom. The molecule has 0 fully saturated rings. The Morgan fingerprint density at radius 1 is 1.08 bits per heavy atom. The fourth-order valence-corrected chi connectivity index (χ4v) is 5.96. The van der Waals surface area contributed by atoms with Crippen molar-refractivity contribution in [2.24, 2.45) is 0 Å². The summed E-state index contributed by atoms with van der Waals surface area (Å²) < 4.78 is 58.7. The molecule has 0 N–H and O–H groups in total. The molecule has 37 heavy (non-hydrogen) atoms. The quantitative estimate of drug-likeness (QED) is 0.291. The highest BCUT2D eigenvalue weighted by atomic mass is 32.2. The van der Waals surface area contributed by atoms with E-state index in [1.807, 2.05) is 12.3 Å². The van der Waals surface area contributed by atoms with Gasteiger partial charge in [0.05, 0.1) is 31.9 Å². The number of ether oxygens (including phenoxy) is 3. The molecule has 3 heterocycles. The highest BCUT2D eigenvalue weighted by Gasteiger charge is 2.35. The largest absolute Gasteiger partial charge is 0.494 e. The van der Waals surface area contributed by atoms with E-state index >= 15 is 0 Å². The highest BCUT2D eigenvalue weighted by molar-refractivity contribution is 7.91. The van der Waals surface area contributed by atoms with Crippen LogP contribution < -0.4 is 9.47 Å². The zero-order valence-electron chi connectivity index (χ0n) is 20.7. The summed E-state index contributed by atoms with van der Waals surface area (Å²) in [6, 6.07) is 5.20. The molecular weight excluding hydrogens is 523 g/mol. The molecule has 0 amide bonds. The second-order valence-electron chi connectivity index (χ2n) is 8.01. The van der Waals surface area contributed by atoms with Crippen molar-refractivity contribution in [3.8, 4) is 28.0 Å². The number of hydrogen-bond acceptors (Lipinski definition) is 11. The molecule has 0 spiro atoms. The molecule has 11 nitrogen and oxygen atoms in total. The maximum absolute atomic E-state index is 13.6. The molecule has 0 bridgehead atoms. The summed E-state index contributed by atoms with van der Waals surface area (Å²) in [5.74, 6) is 0.207. The van der Waals surface area contributed by atoms with E-state index in [9.17, 15) is 12.8 Å². The first-order chi connectivity index (χ1) is 17.7. The lowest BCUT2D eigenvalue weighted by Gasteiger charge is -2.22. The zero-order chi connectivity index (χ0) is 26.7. The van der Waals surface area contributed by atoms with Crippen LogP contribution in [0.15, 0.2) is 36.0 Å². The average molecular weight is 549 g/mol. The summed E-state index contributed by atoms with van der Waals surface area (Å²) in [6.07, 6.45) is 0.880. The van der Waals surface area contributed by atoms with Crippen molar-refractivity contribution >= 4 is 21.2 Å². The first kappa shape index (κ1) is 26.6. The van der Waals surface area contributed by atoms with Gasteiger partial charge < -0.3 is 14.2 Å². The first-order valence-corrected chi connectivity index (χ1v) is 13.6. The molecule has 0 saturated heterocycles. The van der Waals surface area contributed by atoms with Gasteiger partial charge in [-0.25, -0.2) is 27.8 Å². The van der Waals surface area contributed by atoms with Crippen LogP contribution in [0.3, 0.4) is 0 Å². The molecule has 0 radical (unpaired) electrons. The fourth-order valence-electron chi connectivity index (χ4n) is 3.77. The number of aryl methyl sites for hydroxylation is 1. The molecule has 196 valence electrons. The van der Waals surface area contributed by atoms with Crippen LogP contribution in [0.1, 0.15) is 30.4 Å². The van der Waals surface area contributed by atoms with Crippen LogP contribution in [0.4, 0.5) is 4.39 Å². The Hall–Kier alpha value is -3.49. The number of benzene rings is 1. The average Bonchev–Trinajstić information content (AvgIpc) is 3.50. The van der Waals surface area contributed by atoms with Gasteiger partial charge in [-0.1, -0.05) is 6.07 Å². The van der Waals surface area contributed by atoms with Crippen LogP contribution >= 0.6 is 11.3 Å². The van der Waals surface area contributed by atoms with Gasteiger partial charge in [-0.05, 0) is 26.0 Å². The number of para-hydroxylation sites is 1. The Bertz CT molecular complexity index is 1470. The van der Waals surface area contributed by atoms with E-state index in [2.05, 4.69) is 25.1 Å². The Balaban J connectivity index is 1.82. The second-order valence-corrected chi connectivity index (χ2v) is 11.2. The van der Waals surface area contributed by atoms with Crippen LogP contribution in [0.2, 0.25) is 0 Å². The number of methoxy groups -OCH3 is 3. The Morgan fingerprint density at radius 2 is 1.73 bits per heavy atom. The van der Waals surface area contributed by atoms with Crippen LogP contribution in [0.5, 0.6) is 11.5 Å². The second kappa shape index (κ2) is 10.9. The lowest BCUT2D eigenvalue weighted by Crippen LogP contribution is -2.30. The predicted molar refractivity (Wildman–Crippen MR) is 134 cm³/mol. The van der Waals surface area contributed by atoms with Crippen LogP contribution in [-0.4, -0.2) is 64.7 Å². The maximum atomic E-state index is 13.6. The molecule has 0 saturated carbocycles. The van der Waals surface area contributed by atoms with Gasteiger partial charge in [-0.15, -0.1) is 21.5 Å². The van der Waals surface area contributed by atoms with Crippen LogP contribution in [-0.2, 0) is 20.3 Å². The van der Waals surface area contributed by atoms with Crippen molar-refractivity contribution in [2.45, 2.75) is 31.0 Å². The van der Waals surface area contributed by atoms with E-state index in [0.29, 0.717) is 28.0 Å². The minimum atomic E-state index is -3.94. The molecule has 0 aliphatic heterocycles. The lowest BCUT2D eigenvalue weighted by atomic mass is 10.2. The minimum absolute atomic E-state index is 0.0480. The number of nitrogens with zero attached hydrogens (tertiary/aromatic N) is 6. The number of rotatable bonds is 10. The molecule has 1 aromatic carbocycles. The summed E-state index contributed by atoms with van der Waals surface area (Å²) in [7, 11) is 0.405. The number of aromatic nitrogens is 6. The number of sulfone groups is 1. The molecule has 14 heteroatoms. The summed E-state index contributed by atoms with van der Waals surface area (Å²) in [5, 5.41) is 9.83. The zero-order valence-corrected chi connectivity index (χ0v) is 22.4. The third-order valence-corrected chi connectivity index (χ3v) is 8.63. The number of halogens is 1. The summed E-state index contributed by atoms with van der Waals surface area (Å²) in [5.41, 5.74) is 1.22. The van der Waals surface area contributed by atoms with Crippen molar-refractivity contribution in [2.75, 3.05) is 21.3 Å². The van der Waals surface area contributed by atoms with Gasteiger partial charge in [0.15, 0.2) is 38.1 Å². The van der Waals surface area contributed by atoms with E-state index in [4.69, 9.17) is 14.2 Å². The normalized spacial score (nSPS) is 13.4. The Labute approximate surface area is 217 Å². The standard InChI is InChI=1S/C23H25FN6O5S2/c1-13-11-36-23(27-13)22-29-28-18(30(22)19-16(33-3)7-6-8-17(19)34-4)12-37(31,32)14(2)20(35-5)21-25-9-15(24)10-26-21/h6-11,14,20H,12H2,1-5H3/t14-,20-/m1/s1. The van der Waals surface area contributed by atoms with Gasteiger partial charge in [-0.2, -0.15) is 0 Å². The summed E-state index contributed by atoms with van der Waals surface area (Å²) in [4.78, 5) is 12.3. The molecule has 0 aliphatic rings. The van der Waals surface area contributed by atoms with Crippen LogP contribution in [0.25, 0.3) is 16.5 Å². The maximum Gasteiger partial charge on any atom is 0.197 e. The number of hydrogen-bond donors (Lipinski definition) is 0. The SMILES string of the molecule is COc1cccc(OC)c1-n1c(CS(=O)(=O)[C@H](C)[C@@H](OC)c2ncc(F)cn2)nnc1-c1nc(C)cs1. The smallest absolute Gasteiger partial charge is 0.197 e. The fraction of sp³-hybridized carbons (Fsp3) is 0.348. The Kier molecular flexibility index (Phi) is 7.80. The van der Waals surface area contributed by atoms with E-state index in [1.54, 1.807) is 22.8 Å². The van der Waals surface area contributed by atoms with Gasteiger partial charge in [-0.3, -0.25) is 4.57 Å². The molecule has 4 rings (SSSR count). The summed E-state index contributed by atoms with van der Waals surface area (Å²) >= 11 is 1.35. The van der Waals surface area contributed by atoms with Crippen molar-refractivity contribution in [3.05, 3.63) is 59.1 Å². The highest BCUT2D eigenvalue weighted by Crippen LogP contribution is 2.37. The predicted octanol–water partition coefficient (Wildman–Crippen LogP) is 3.34. The van der Waals surface area contributed by atoms with E-state index < -0.39 is 32.8 Å². The van der Waals surface area contributed by atoms with Crippen LogP contribution in [0, 0.1) is 12.7 Å². The van der Waals surface area contributed by atoms with Gasteiger partial charge in [0.25, 0.3) is 0 Å². The third kappa shape index (κ3) is 5.31.